The van der Waals surface area contributed by atoms with Crippen LogP contribution in [0.1, 0.15) is 13.8 Å². The number of carbonyl (C=O) groups is 2. The van der Waals surface area contributed by atoms with Gasteiger partial charge in [-0.2, -0.15) is 13.5 Å². The average Bonchev–Trinajstić information content (AvgIpc) is 2.13. The molecular formula is C10H19NO4S. The number of carboxylic acids is 1. The van der Waals surface area contributed by atoms with Gasteiger partial charge in [-0.25, -0.2) is 4.79 Å². The lowest BCUT2D eigenvalue weighted by atomic mass is 9.93. The first-order valence-electron chi connectivity index (χ1n) is 4.53. The van der Waals surface area contributed by atoms with Crippen LogP contribution in [0, 0.1) is 5.41 Å². The Balaban J connectivity index is 0. The van der Waals surface area contributed by atoms with Crippen LogP contribution in [0.25, 0.3) is 0 Å². The van der Waals surface area contributed by atoms with E-state index in [-0.39, 0.29) is 26.6 Å². The summed E-state index contributed by atoms with van der Waals surface area (Å²) < 4.78 is 4.75. The first-order chi connectivity index (χ1) is 6.81. The number of hydrogen-bond donors (Lipinski definition) is 1. The quantitative estimate of drug-likeness (QED) is 0.749. The summed E-state index contributed by atoms with van der Waals surface area (Å²) in [5, 5.41) is 8.85. The summed E-state index contributed by atoms with van der Waals surface area (Å²) in [4.78, 5) is 23.3. The fourth-order valence-corrected chi connectivity index (χ4v) is 0.966. The second-order valence-corrected chi connectivity index (χ2v) is 3.91. The minimum atomic E-state index is -0.984. The van der Waals surface area contributed by atoms with E-state index >= 15 is 0 Å². The van der Waals surface area contributed by atoms with Crippen LogP contribution in [0.3, 0.4) is 0 Å². The Bertz CT molecular complexity index is 266. The Morgan fingerprint density at radius 1 is 1.50 bits per heavy atom. The molecule has 0 saturated carbocycles. The van der Waals surface area contributed by atoms with Gasteiger partial charge in [0.05, 0.1) is 5.41 Å². The van der Waals surface area contributed by atoms with Gasteiger partial charge in [0.2, 0.25) is 0 Å². The Morgan fingerprint density at radius 2 is 2.00 bits per heavy atom. The topological polar surface area (TPSA) is 66.8 Å². The fraction of sp³-hybridized carbons (Fsp3) is 0.600. The highest BCUT2D eigenvalue weighted by atomic mass is 32.1. The largest absolute Gasteiger partial charge is 0.481 e. The second-order valence-electron chi connectivity index (χ2n) is 3.91. The lowest BCUT2D eigenvalue weighted by Gasteiger charge is -2.25. The Labute approximate surface area is 103 Å². The van der Waals surface area contributed by atoms with Gasteiger partial charge >= 0.3 is 12.1 Å². The van der Waals surface area contributed by atoms with Crippen molar-refractivity contribution in [3.8, 4) is 0 Å². The van der Waals surface area contributed by atoms with Crippen molar-refractivity contribution in [2.45, 2.75) is 13.8 Å². The van der Waals surface area contributed by atoms with Crippen LogP contribution in [-0.2, 0) is 9.53 Å². The number of hydrogen-bond acceptors (Lipinski definition) is 3. The van der Waals surface area contributed by atoms with Crippen LogP contribution >= 0.6 is 13.5 Å². The van der Waals surface area contributed by atoms with Gasteiger partial charge in [-0.1, -0.05) is 12.7 Å². The lowest BCUT2D eigenvalue weighted by molar-refractivity contribution is -0.147. The van der Waals surface area contributed by atoms with Crippen molar-refractivity contribution < 1.29 is 19.4 Å². The molecule has 16 heavy (non-hydrogen) atoms. The van der Waals surface area contributed by atoms with Gasteiger partial charge < -0.3 is 14.7 Å². The fourth-order valence-electron chi connectivity index (χ4n) is 0.966. The molecule has 0 atom stereocenters. The SMILES string of the molecule is C=CCOC(=O)N(C)CC(C)(C)C(=O)O.S. The van der Waals surface area contributed by atoms with E-state index in [1.165, 1.54) is 18.0 Å². The minimum Gasteiger partial charge on any atom is -0.481 e. The molecule has 0 radical (unpaired) electrons. The molecule has 0 saturated heterocycles. The molecule has 0 aromatic heterocycles. The molecule has 0 unspecified atom stereocenters. The maximum absolute atomic E-state index is 11.3. The van der Waals surface area contributed by atoms with Crippen molar-refractivity contribution in [2.24, 2.45) is 5.41 Å². The molecule has 0 aliphatic rings. The highest BCUT2D eigenvalue weighted by molar-refractivity contribution is 7.59. The third kappa shape index (κ3) is 5.65. The van der Waals surface area contributed by atoms with Crippen molar-refractivity contribution in [3.63, 3.8) is 0 Å². The van der Waals surface area contributed by atoms with Crippen molar-refractivity contribution in [3.05, 3.63) is 12.7 Å². The first-order valence-corrected chi connectivity index (χ1v) is 4.53. The van der Waals surface area contributed by atoms with E-state index < -0.39 is 17.5 Å². The molecule has 0 heterocycles. The van der Waals surface area contributed by atoms with Crippen LogP contribution in [-0.4, -0.2) is 42.3 Å². The minimum absolute atomic E-state index is 0. The van der Waals surface area contributed by atoms with Gasteiger partial charge in [0.15, 0.2) is 0 Å². The normalized spacial score (nSPS) is 9.94. The van der Waals surface area contributed by atoms with Crippen molar-refractivity contribution in [1.82, 2.24) is 4.90 Å². The average molecular weight is 249 g/mol. The summed E-state index contributed by atoms with van der Waals surface area (Å²) in [5.41, 5.74) is -0.984. The number of amides is 1. The summed E-state index contributed by atoms with van der Waals surface area (Å²) in [5.74, 6) is -0.953. The van der Waals surface area contributed by atoms with E-state index in [9.17, 15) is 9.59 Å². The molecule has 0 aromatic carbocycles. The van der Waals surface area contributed by atoms with E-state index in [2.05, 4.69) is 6.58 Å². The third-order valence-electron chi connectivity index (χ3n) is 1.85. The molecule has 1 N–H and O–H groups in total. The van der Waals surface area contributed by atoms with Crippen LogP contribution in [0.5, 0.6) is 0 Å². The van der Waals surface area contributed by atoms with Crippen LogP contribution in [0.4, 0.5) is 4.79 Å². The summed E-state index contributed by atoms with van der Waals surface area (Å²) in [6, 6.07) is 0. The number of ether oxygens (including phenoxy) is 1. The molecule has 0 bridgehead atoms. The maximum Gasteiger partial charge on any atom is 0.409 e. The van der Waals surface area contributed by atoms with E-state index in [4.69, 9.17) is 9.84 Å². The smallest absolute Gasteiger partial charge is 0.409 e. The van der Waals surface area contributed by atoms with Gasteiger partial charge in [0.1, 0.15) is 6.61 Å². The summed E-state index contributed by atoms with van der Waals surface area (Å²) in [6.07, 6.45) is 0.901. The van der Waals surface area contributed by atoms with Gasteiger partial charge in [0.25, 0.3) is 0 Å². The van der Waals surface area contributed by atoms with Gasteiger partial charge in [-0.3, -0.25) is 4.79 Å². The predicted molar refractivity (Wildman–Crippen MR) is 66.0 cm³/mol. The molecule has 0 rings (SSSR count). The molecule has 0 aliphatic heterocycles. The number of nitrogens with zero attached hydrogens (tertiary/aromatic N) is 1. The molecule has 0 aliphatic carbocycles. The molecule has 94 valence electrons. The van der Waals surface area contributed by atoms with Gasteiger partial charge in [-0.15, -0.1) is 0 Å². The molecule has 0 fully saturated rings. The Hall–Kier alpha value is -1.17. The Kier molecular flexibility index (Phi) is 7.71. The first kappa shape index (κ1) is 17.2. The highest BCUT2D eigenvalue weighted by Crippen LogP contribution is 2.16. The number of carbonyl (C=O) groups excluding carboxylic acids is 1. The number of carboxylic acid groups (broad SMARTS) is 1. The zero-order valence-corrected chi connectivity index (χ0v) is 10.8. The van der Waals surface area contributed by atoms with Crippen molar-refractivity contribution in [1.29, 1.82) is 0 Å². The monoisotopic (exact) mass is 249 g/mol. The Morgan fingerprint density at radius 3 is 2.38 bits per heavy atom. The molecule has 0 aromatic rings. The van der Waals surface area contributed by atoms with Crippen LogP contribution < -0.4 is 0 Å². The zero-order valence-electron chi connectivity index (χ0n) is 9.82. The van der Waals surface area contributed by atoms with E-state index in [0.717, 1.165) is 0 Å². The second kappa shape index (κ2) is 7.16. The van der Waals surface area contributed by atoms with Gasteiger partial charge in [-0.05, 0) is 13.8 Å². The third-order valence-corrected chi connectivity index (χ3v) is 1.85. The summed E-state index contributed by atoms with van der Waals surface area (Å²) >= 11 is 0. The molecule has 0 spiro atoms. The number of rotatable bonds is 5. The summed E-state index contributed by atoms with van der Waals surface area (Å²) in [7, 11) is 1.50. The lowest BCUT2D eigenvalue weighted by Crippen LogP contribution is -2.40. The molecular weight excluding hydrogens is 230 g/mol. The van der Waals surface area contributed by atoms with E-state index in [0.29, 0.717) is 0 Å². The molecule has 1 amide bonds. The van der Waals surface area contributed by atoms with Crippen LogP contribution in [0.15, 0.2) is 12.7 Å². The zero-order chi connectivity index (χ0) is 12.1. The van der Waals surface area contributed by atoms with Crippen molar-refractivity contribution in [2.75, 3.05) is 20.2 Å². The van der Waals surface area contributed by atoms with Crippen molar-refractivity contribution >= 4 is 25.6 Å². The van der Waals surface area contributed by atoms with E-state index in [1.807, 2.05) is 0 Å². The van der Waals surface area contributed by atoms with Gasteiger partial charge in [0, 0.05) is 13.6 Å². The molecule has 5 nitrogen and oxygen atoms in total. The predicted octanol–water partition coefficient (Wildman–Crippen LogP) is 1.46. The highest BCUT2D eigenvalue weighted by Gasteiger charge is 2.30. The summed E-state index contributed by atoms with van der Waals surface area (Å²) in [6.45, 7) is 6.72. The molecule has 6 heteroatoms. The van der Waals surface area contributed by atoms with E-state index in [1.54, 1.807) is 13.8 Å². The van der Waals surface area contributed by atoms with Crippen LogP contribution in [0.2, 0.25) is 0 Å². The standard InChI is InChI=1S/C10H17NO4.H2S/c1-5-6-15-9(14)11(4)7-10(2,3)8(12)13;/h5H,1,6-7H2,2-4H3,(H,12,13);1H2. The number of aliphatic carboxylic acids is 1. The maximum atomic E-state index is 11.3.